The summed E-state index contributed by atoms with van der Waals surface area (Å²) in [5, 5.41) is 1.21. The molecule has 3 aromatic rings. The lowest BCUT2D eigenvalue weighted by Gasteiger charge is -2.07. The van der Waals surface area contributed by atoms with Gasteiger partial charge in [0.2, 0.25) is 0 Å². The number of hydrogen-bond donors (Lipinski definition) is 0. The molecule has 0 bridgehead atoms. The first-order valence-corrected chi connectivity index (χ1v) is 6.29. The molecule has 0 aliphatic heterocycles. The molecular weight excluding hydrogens is 234 g/mol. The van der Waals surface area contributed by atoms with Gasteiger partial charge >= 0.3 is 0 Å². The lowest BCUT2D eigenvalue weighted by molar-refractivity contribution is 0.415. The first-order valence-electron chi connectivity index (χ1n) is 6.29. The summed E-state index contributed by atoms with van der Waals surface area (Å²) in [5.74, 6) is 0.862. The number of fused-ring (bicyclic) bond motifs is 1. The molecule has 19 heavy (non-hydrogen) atoms. The highest BCUT2D eigenvalue weighted by molar-refractivity contribution is 5.84. The van der Waals surface area contributed by atoms with Gasteiger partial charge in [0.25, 0.3) is 0 Å². The molecule has 0 spiro atoms. The van der Waals surface area contributed by atoms with Crippen LogP contribution >= 0.6 is 0 Å². The summed E-state index contributed by atoms with van der Waals surface area (Å²) in [6.45, 7) is 2.12. The van der Waals surface area contributed by atoms with E-state index in [0.29, 0.717) is 0 Å². The molecule has 0 amide bonds. The minimum Gasteiger partial charge on any atom is -0.497 e. The van der Waals surface area contributed by atoms with Gasteiger partial charge in [-0.15, -0.1) is 0 Å². The number of benzene rings is 2. The van der Waals surface area contributed by atoms with Crippen LogP contribution in [0.15, 0.2) is 54.6 Å². The Labute approximate surface area is 112 Å². The van der Waals surface area contributed by atoms with Crippen molar-refractivity contribution >= 4 is 10.9 Å². The number of para-hydroxylation sites is 1. The van der Waals surface area contributed by atoms with E-state index in [9.17, 15) is 0 Å². The molecule has 0 radical (unpaired) electrons. The maximum absolute atomic E-state index is 5.18. The van der Waals surface area contributed by atoms with Crippen LogP contribution < -0.4 is 4.74 Å². The van der Waals surface area contributed by atoms with Crippen molar-refractivity contribution in [1.82, 2.24) is 4.98 Å². The predicted octanol–water partition coefficient (Wildman–Crippen LogP) is 4.22. The zero-order chi connectivity index (χ0) is 13.2. The van der Waals surface area contributed by atoms with Crippen LogP contribution in [-0.2, 0) is 0 Å². The van der Waals surface area contributed by atoms with E-state index in [1.807, 2.05) is 36.4 Å². The van der Waals surface area contributed by atoms with Gasteiger partial charge in [0, 0.05) is 10.9 Å². The summed E-state index contributed by atoms with van der Waals surface area (Å²) >= 11 is 0. The number of hydrogen-bond acceptors (Lipinski definition) is 2. The highest BCUT2D eigenvalue weighted by Crippen LogP contribution is 2.25. The number of pyridine rings is 1. The quantitative estimate of drug-likeness (QED) is 0.678. The fourth-order valence-electron chi connectivity index (χ4n) is 2.26. The second kappa shape index (κ2) is 4.73. The lowest BCUT2D eigenvalue weighted by atomic mass is 10.1. The molecule has 0 unspecified atom stereocenters. The van der Waals surface area contributed by atoms with Gasteiger partial charge < -0.3 is 4.74 Å². The Bertz CT molecular complexity index is 717. The number of aryl methyl sites for hydroxylation is 1. The average Bonchev–Trinajstić information content (AvgIpc) is 2.47. The molecule has 0 atom stereocenters. The van der Waals surface area contributed by atoms with Crippen LogP contribution in [0, 0.1) is 6.92 Å². The van der Waals surface area contributed by atoms with E-state index in [1.165, 1.54) is 10.9 Å². The minimum absolute atomic E-state index is 0.862. The zero-order valence-corrected chi connectivity index (χ0v) is 11.1. The van der Waals surface area contributed by atoms with Crippen LogP contribution in [0.2, 0.25) is 0 Å². The summed E-state index contributed by atoms with van der Waals surface area (Å²) in [6, 6.07) is 18.3. The second-order valence-electron chi connectivity index (χ2n) is 4.57. The monoisotopic (exact) mass is 249 g/mol. The molecule has 3 rings (SSSR count). The molecule has 0 aliphatic carbocycles. The molecule has 1 aromatic heterocycles. The molecular formula is C17H15NO. The Hall–Kier alpha value is -2.35. The smallest absolute Gasteiger partial charge is 0.118 e. The summed E-state index contributed by atoms with van der Waals surface area (Å²) in [7, 11) is 1.67. The second-order valence-corrected chi connectivity index (χ2v) is 4.57. The van der Waals surface area contributed by atoms with Crippen LogP contribution in [0.1, 0.15) is 5.56 Å². The van der Waals surface area contributed by atoms with E-state index in [-0.39, 0.29) is 0 Å². The van der Waals surface area contributed by atoms with Crippen molar-refractivity contribution < 1.29 is 4.74 Å². The summed E-state index contributed by atoms with van der Waals surface area (Å²) in [5.41, 5.74) is 4.39. The number of methoxy groups -OCH3 is 1. The van der Waals surface area contributed by atoms with E-state index in [4.69, 9.17) is 9.72 Å². The van der Waals surface area contributed by atoms with Gasteiger partial charge in [0.1, 0.15) is 5.75 Å². The molecule has 0 fully saturated rings. The Kier molecular flexibility index (Phi) is 2.92. The molecule has 1 heterocycles. The van der Waals surface area contributed by atoms with Crippen LogP contribution in [0.5, 0.6) is 5.75 Å². The molecule has 2 nitrogen and oxygen atoms in total. The molecule has 0 aliphatic rings. The standard InChI is InChI=1S/C17H15NO/c1-12-11-17(13-7-9-14(19-2)10-8-13)18-16-6-4-3-5-15(12)16/h3-11H,1-2H3. The first kappa shape index (κ1) is 11.7. The SMILES string of the molecule is COc1ccc(-c2cc(C)c3ccccc3n2)cc1. The van der Waals surface area contributed by atoms with Crippen molar-refractivity contribution in [2.45, 2.75) is 6.92 Å². The first-order chi connectivity index (χ1) is 9.28. The Morgan fingerprint density at radius 3 is 2.42 bits per heavy atom. The molecule has 94 valence electrons. The number of rotatable bonds is 2. The molecule has 2 heteroatoms. The van der Waals surface area contributed by atoms with Crippen LogP contribution in [0.4, 0.5) is 0 Å². The van der Waals surface area contributed by atoms with Crippen molar-refractivity contribution in [2.75, 3.05) is 7.11 Å². The molecule has 0 N–H and O–H groups in total. The Balaban J connectivity index is 2.14. The van der Waals surface area contributed by atoms with E-state index in [0.717, 1.165) is 22.5 Å². The van der Waals surface area contributed by atoms with Gasteiger partial charge in [0.05, 0.1) is 18.3 Å². The van der Waals surface area contributed by atoms with E-state index in [1.54, 1.807) is 7.11 Å². The van der Waals surface area contributed by atoms with E-state index < -0.39 is 0 Å². The highest BCUT2D eigenvalue weighted by Gasteiger charge is 2.04. The highest BCUT2D eigenvalue weighted by atomic mass is 16.5. The van der Waals surface area contributed by atoms with Gasteiger partial charge in [-0.2, -0.15) is 0 Å². The fourth-order valence-corrected chi connectivity index (χ4v) is 2.26. The average molecular weight is 249 g/mol. The number of ether oxygens (including phenoxy) is 1. The largest absolute Gasteiger partial charge is 0.497 e. The summed E-state index contributed by atoms with van der Waals surface area (Å²) in [6.07, 6.45) is 0. The number of aromatic nitrogens is 1. The van der Waals surface area contributed by atoms with Crippen molar-refractivity contribution in [1.29, 1.82) is 0 Å². The Morgan fingerprint density at radius 1 is 0.947 bits per heavy atom. The summed E-state index contributed by atoms with van der Waals surface area (Å²) < 4.78 is 5.18. The zero-order valence-electron chi connectivity index (χ0n) is 11.1. The number of nitrogens with zero attached hydrogens (tertiary/aromatic N) is 1. The van der Waals surface area contributed by atoms with Crippen molar-refractivity contribution in [3.8, 4) is 17.0 Å². The normalized spacial score (nSPS) is 10.6. The van der Waals surface area contributed by atoms with Gasteiger partial charge in [-0.3, -0.25) is 0 Å². The van der Waals surface area contributed by atoms with Crippen LogP contribution in [0.3, 0.4) is 0 Å². The van der Waals surface area contributed by atoms with E-state index >= 15 is 0 Å². The van der Waals surface area contributed by atoms with Gasteiger partial charge in [0.15, 0.2) is 0 Å². The molecule has 2 aromatic carbocycles. The molecule has 0 saturated heterocycles. The fraction of sp³-hybridized carbons (Fsp3) is 0.118. The minimum atomic E-state index is 0.862. The maximum Gasteiger partial charge on any atom is 0.118 e. The van der Waals surface area contributed by atoms with Gasteiger partial charge in [-0.25, -0.2) is 4.98 Å². The lowest BCUT2D eigenvalue weighted by Crippen LogP contribution is -1.89. The van der Waals surface area contributed by atoms with Gasteiger partial charge in [-0.1, -0.05) is 18.2 Å². The molecule has 0 saturated carbocycles. The van der Waals surface area contributed by atoms with Crippen LogP contribution in [-0.4, -0.2) is 12.1 Å². The van der Waals surface area contributed by atoms with Crippen molar-refractivity contribution in [3.63, 3.8) is 0 Å². The predicted molar refractivity (Wildman–Crippen MR) is 78.5 cm³/mol. The summed E-state index contributed by atoms with van der Waals surface area (Å²) in [4.78, 5) is 4.72. The van der Waals surface area contributed by atoms with Crippen LogP contribution in [0.25, 0.3) is 22.2 Å². The van der Waals surface area contributed by atoms with E-state index in [2.05, 4.69) is 25.1 Å². The Morgan fingerprint density at radius 2 is 1.68 bits per heavy atom. The third-order valence-corrected chi connectivity index (χ3v) is 3.31. The third kappa shape index (κ3) is 2.17. The van der Waals surface area contributed by atoms with Crippen molar-refractivity contribution in [3.05, 3.63) is 60.2 Å². The maximum atomic E-state index is 5.18. The van der Waals surface area contributed by atoms with Crippen molar-refractivity contribution in [2.24, 2.45) is 0 Å². The topological polar surface area (TPSA) is 22.1 Å². The third-order valence-electron chi connectivity index (χ3n) is 3.31. The van der Waals surface area contributed by atoms with Gasteiger partial charge in [-0.05, 0) is 48.9 Å².